The molecule has 1 rings (SSSR count). The molecule has 0 bridgehead atoms. The Labute approximate surface area is 99.3 Å². The van der Waals surface area contributed by atoms with Crippen molar-refractivity contribution in [1.82, 2.24) is 0 Å². The first-order chi connectivity index (χ1) is 7.86. The Bertz CT molecular complexity index is 385. The first-order valence-electron chi connectivity index (χ1n) is 5.57. The first-order valence-corrected chi connectivity index (χ1v) is 5.57. The van der Waals surface area contributed by atoms with Crippen molar-refractivity contribution < 1.29 is 18.7 Å². The van der Waals surface area contributed by atoms with Gasteiger partial charge in [0.15, 0.2) is 0 Å². The van der Waals surface area contributed by atoms with Crippen LogP contribution in [0.5, 0.6) is 0 Å². The van der Waals surface area contributed by atoms with Gasteiger partial charge < -0.3 is 5.11 Å². The van der Waals surface area contributed by atoms with E-state index in [0.717, 1.165) is 12.0 Å². The van der Waals surface area contributed by atoms with Crippen LogP contribution < -0.4 is 0 Å². The summed E-state index contributed by atoms with van der Waals surface area (Å²) in [5.41, 5.74) is 0.745. The summed E-state index contributed by atoms with van der Waals surface area (Å²) in [5.74, 6) is -4.49. The number of halogens is 2. The largest absolute Gasteiger partial charge is 0.481 e. The number of carboxylic acids is 1. The molecular formula is C13H16F2O2. The van der Waals surface area contributed by atoms with E-state index in [4.69, 9.17) is 5.11 Å². The first kappa shape index (κ1) is 13.6. The number of rotatable bonds is 5. The monoisotopic (exact) mass is 242 g/mol. The summed E-state index contributed by atoms with van der Waals surface area (Å²) in [4.78, 5) is 10.3. The van der Waals surface area contributed by atoms with Crippen LogP contribution >= 0.6 is 0 Å². The Hall–Kier alpha value is -1.45. The van der Waals surface area contributed by atoms with Gasteiger partial charge in [-0.25, -0.2) is 8.78 Å². The lowest BCUT2D eigenvalue weighted by atomic mass is 9.96. The van der Waals surface area contributed by atoms with Gasteiger partial charge in [-0.15, -0.1) is 0 Å². The topological polar surface area (TPSA) is 37.3 Å². The normalized spacial score (nSPS) is 13.4. The second kappa shape index (κ2) is 5.25. The van der Waals surface area contributed by atoms with Crippen LogP contribution in [0.15, 0.2) is 24.3 Å². The second-order valence-corrected chi connectivity index (χ2v) is 4.21. The van der Waals surface area contributed by atoms with Crippen LogP contribution in [0.25, 0.3) is 0 Å². The molecule has 0 heterocycles. The van der Waals surface area contributed by atoms with Crippen molar-refractivity contribution in [2.45, 2.75) is 38.5 Å². The molecule has 0 radical (unpaired) electrons. The van der Waals surface area contributed by atoms with Crippen LogP contribution in [0, 0.1) is 0 Å². The summed E-state index contributed by atoms with van der Waals surface area (Å²) in [5, 5.41) is 8.41. The average Bonchev–Trinajstić information content (AvgIpc) is 2.26. The molecule has 0 amide bonds. The molecule has 0 spiro atoms. The van der Waals surface area contributed by atoms with Crippen LogP contribution in [0.2, 0.25) is 0 Å². The smallest absolute Gasteiger partial charge is 0.309 e. The predicted molar refractivity (Wildman–Crippen MR) is 61.3 cm³/mol. The molecule has 1 N–H and O–H groups in total. The number of benzene rings is 1. The van der Waals surface area contributed by atoms with E-state index in [0.29, 0.717) is 5.92 Å². The molecule has 0 fully saturated rings. The molecule has 1 aromatic carbocycles. The van der Waals surface area contributed by atoms with Crippen molar-refractivity contribution >= 4 is 5.97 Å². The molecule has 0 aromatic heterocycles. The van der Waals surface area contributed by atoms with E-state index in [1.165, 1.54) is 12.1 Å². The van der Waals surface area contributed by atoms with Crippen molar-refractivity contribution in [1.29, 1.82) is 0 Å². The zero-order valence-electron chi connectivity index (χ0n) is 9.91. The Morgan fingerprint density at radius 2 is 1.88 bits per heavy atom. The molecule has 4 heteroatoms. The summed E-state index contributed by atoms with van der Waals surface area (Å²) >= 11 is 0. The summed E-state index contributed by atoms with van der Waals surface area (Å²) in [7, 11) is 0. The highest BCUT2D eigenvalue weighted by Gasteiger charge is 2.34. The summed E-state index contributed by atoms with van der Waals surface area (Å²) in [6.45, 7) is 4.04. The highest BCUT2D eigenvalue weighted by molar-refractivity contribution is 5.68. The SMILES string of the molecule is CCC(C)c1ccc(C(F)(F)CC(=O)O)cc1. The second-order valence-electron chi connectivity index (χ2n) is 4.21. The van der Waals surface area contributed by atoms with Crippen LogP contribution in [0.4, 0.5) is 8.78 Å². The van der Waals surface area contributed by atoms with Gasteiger partial charge in [0.1, 0.15) is 6.42 Å². The van der Waals surface area contributed by atoms with E-state index in [1.54, 1.807) is 12.1 Å². The summed E-state index contributed by atoms with van der Waals surface area (Å²) < 4.78 is 26.9. The van der Waals surface area contributed by atoms with Gasteiger partial charge >= 0.3 is 5.97 Å². The lowest BCUT2D eigenvalue weighted by Crippen LogP contribution is -2.18. The lowest BCUT2D eigenvalue weighted by Gasteiger charge is -2.16. The zero-order chi connectivity index (χ0) is 13.1. The third-order valence-corrected chi connectivity index (χ3v) is 2.89. The molecule has 0 saturated heterocycles. The molecule has 1 unspecified atom stereocenters. The average molecular weight is 242 g/mol. The van der Waals surface area contributed by atoms with E-state index in [1.807, 2.05) is 13.8 Å². The van der Waals surface area contributed by atoms with Crippen LogP contribution in [0.3, 0.4) is 0 Å². The standard InChI is InChI=1S/C13H16F2O2/c1-3-9(2)10-4-6-11(7-5-10)13(14,15)8-12(16)17/h4-7,9H,3,8H2,1-2H3,(H,16,17). The Morgan fingerprint density at radius 1 is 1.35 bits per heavy atom. The Morgan fingerprint density at radius 3 is 2.29 bits per heavy atom. The van der Waals surface area contributed by atoms with Crippen molar-refractivity contribution in [3.63, 3.8) is 0 Å². The minimum atomic E-state index is -3.31. The minimum absolute atomic E-state index is 0.244. The number of carbonyl (C=O) groups is 1. The predicted octanol–water partition coefficient (Wildman–Crippen LogP) is 3.77. The van der Waals surface area contributed by atoms with Crippen LogP contribution in [-0.2, 0) is 10.7 Å². The van der Waals surface area contributed by atoms with Crippen molar-refractivity contribution in [2.24, 2.45) is 0 Å². The van der Waals surface area contributed by atoms with Gasteiger partial charge in [-0.1, -0.05) is 38.1 Å². The fraction of sp³-hybridized carbons (Fsp3) is 0.462. The van der Waals surface area contributed by atoms with E-state index < -0.39 is 18.3 Å². The van der Waals surface area contributed by atoms with Crippen molar-refractivity contribution in [3.8, 4) is 0 Å². The lowest BCUT2D eigenvalue weighted by molar-refractivity contribution is -0.145. The Balaban J connectivity index is 2.90. The van der Waals surface area contributed by atoms with Gasteiger partial charge in [0.05, 0.1) is 0 Å². The molecule has 0 aliphatic heterocycles. The maximum atomic E-state index is 13.4. The number of aliphatic carboxylic acids is 1. The van der Waals surface area contributed by atoms with Crippen molar-refractivity contribution in [2.75, 3.05) is 0 Å². The van der Waals surface area contributed by atoms with E-state index >= 15 is 0 Å². The van der Waals surface area contributed by atoms with E-state index in [9.17, 15) is 13.6 Å². The van der Waals surface area contributed by atoms with Gasteiger partial charge in [-0.2, -0.15) is 0 Å². The molecule has 1 aromatic rings. The van der Waals surface area contributed by atoms with Crippen LogP contribution in [-0.4, -0.2) is 11.1 Å². The number of hydrogen-bond acceptors (Lipinski definition) is 1. The number of hydrogen-bond donors (Lipinski definition) is 1. The molecule has 0 aliphatic rings. The maximum absolute atomic E-state index is 13.4. The highest BCUT2D eigenvalue weighted by atomic mass is 19.3. The number of alkyl halides is 2. The Kier molecular flexibility index (Phi) is 4.21. The maximum Gasteiger partial charge on any atom is 0.309 e. The van der Waals surface area contributed by atoms with Gasteiger partial charge in [0.2, 0.25) is 0 Å². The molecule has 0 aliphatic carbocycles. The van der Waals surface area contributed by atoms with E-state index in [2.05, 4.69) is 0 Å². The molecular weight excluding hydrogens is 226 g/mol. The zero-order valence-corrected chi connectivity index (χ0v) is 9.91. The van der Waals surface area contributed by atoms with E-state index in [-0.39, 0.29) is 5.56 Å². The molecule has 17 heavy (non-hydrogen) atoms. The third-order valence-electron chi connectivity index (χ3n) is 2.89. The molecule has 2 nitrogen and oxygen atoms in total. The molecule has 94 valence electrons. The third kappa shape index (κ3) is 3.51. The highest BCUT2D eigenvalue weighted by Crippen LogP contribution is 2.32. The molecule has 0 saturated carbocycles. The minimum Gasteiger partial charge on any atom is -0.481 e. The molecule has 1 atom stereocenters. The quantitative estimate of drug-likeness (QED) is 0.853. The van der Waals surface area contributed by atoms with Gasteiger partial charge in [-0.05, 0) is 17.9 Å². The number of carboxylic acid groups (broad SMARTS) is 1. The summed E-state index contributed by atoms with van der Waals surface area (Å²) in [6, 6.07) is 5.90. The van der Waals surface area contributed by atoms with Gasteiger partial charge in [0, 0.05) is 5.56 Å². The van der Waals surface area contributed by atoms with Gasteiger partial charge in [0.25, 0.3) is 5.92 Å². The van der Waals surface area contributed by atoms with Gasteiger partial charge in [-0.3, -0.25) is 4.79 Å². The fourth-order valence-corrected chi connectivity index (χ4v) is 1.58. The fourth-order valence-electron chi connectivity index (χ4n) is 1.58. The van der Waals surface area contributed by atoms with Crippen LogP contribution in [0.1, 0.15) is 43.7 Å². The van der Waals surface area contributed by atoms with Crippen molar-refractivity contribution in [3.05, 3.63) is 35.4 Å². The summed E-state index contributed by atoms with van der Waals surface area (Å²) in [6.07, 6.45) is -0.236.